The SMILES string of the molecule is C[C@]12C=CC(=O)C=C1CC[C@H]1[C@@H]3CC[C@](OC(=O)C(Cl)Cl)(C(=O)OCS(C)(=O)=O)[C@@]3(C)C[C@H](O)[C@@]12F. The molecule has 4 rings (SSSR count). The summed E-state index contributed by atoms with van der Waals surface area (Å²) in [5, 5.41) is 11.4. The van der Waals surface area contributed by atoms with Crippen molar-refractivity contribution in [2.24, 2.45) is 22.7 Å². The Bertz CT molecular complexity index is 1170. The molecule has 0 aromatic heterocycles. The van der Waals surface area contributed by atoms with E-state index >= 15 is 4.39 Å². The summed E-state index contributed by atoms with van der Waals surface area (Å²) in [7, 11) is -3.72. The minimum atomic E-state index is -3.72. The van der Waals surface area contributed by atoms with Gasteiger partial charge in [0, 0.05) is 23.0 Å². The first kappa shape index (κ1) is 27.5. The van der Waals surface area contributed by atoms with E-state index in [2.05, 4.69) is 0 Å². The highest BCUT2D eigenvalue weighted by atomic mass is 35.5. The Labute approximate surface area is 219 Å². The minimum absolute atomic E-state index is 0.0873. The van der Waals surface area contributed by atoms with Crippen molar-refractivity contribution in [2.45, 2.75) is 68.2 Å². The molecule has 3 fully saturated rings. The maximum Gasteiger partial charge on any atom is 0.352 e. The predicted molar refractivity (Wildman–Crippen MR) is 128 cm³/mol. The van der Waals surface area contributed by atoms with E-state index < -0.39 is 72.6 Å². The molecule has 0 radical (unpaired) electrons. The predicted octanol–water partition coefficient (Wildman–Crippen LogP) is 2.99. The number of carbonyl (C=O) groups is 3. The molecule has 0 aromatic carbocycles. The second kappa shape index (κ2) is 8.78. The minimum Gasteiger partial charge on any atom is -0.446 e. The summed E-state index contributed by atoms with van der Waals surface area (Å²) in [6.07, 6.45) is 4.10. The molecule has 0 aromatic rings. The third-order valence-corrected chi connectivity index (χ3v) is 9.85. The fourth-order valence-corrected chi connectivity index (χ4v) is 7.65. The molecule has 0 saturated heterocycles. The molecule has 8 nitrogen and oxygen atoms in total. The van der Waals surface area contributed by atoms with Crippen molar-refractivity contribution in [1.82, 2.24) is 0 Å². The molecule has 0 heterocycles. The maximum atomic E-state index is 17.2. The number of ether oxygens (including phenoxy) is 2. The van der Waals surface area contributed by atoms with E-state index in [1.807, 2.05) is 0 Å². The number of halogens is 3. The van der Waals surface area contributed by atoms with Crippen LogP contribution in [0.1, 0.15) is 46.0 Å². The molecular formula is C24H29Cl2FO8S. The van der Waals surface area contributed by atoms with Crippen LogP contribution in [-0.2, 0) is 33.7 Å². The lowest BCUT2D eigenvalue weighted by Crippen LogP contribution is -2.69. The smallest absolute Gasteiger partial charge is 0.352 e. The van der Waals surface area contributed by atoms with Gasteiger partial charge in [-0.15, -0.1) is 0 Å². The van der Waals surface area contributed by atoms with Gasteiger partial charge in [0.2, 0.25) is 10.4 Å². The van der Waals surface area contributed by atoms with E-state index in [0.717, 1.165) is 6.26 Å². The van der Waals surface area contributed by atoms with Crippen LogP contribution >= 0.6 is 23.2 Å². The molecular weight excluding hydrogens is 538 g/mol. The van der Waals surface area contributed by atoms with Gasteiger partial charge >= 0.3 is 11.9 Å². The average molecular weight is 567 g/mol. The normalized spacial score (nSPS) is 41.7. The first-order chi connectivity index (χ1) is 16.5. The summed E-state index contributed by atoms with van der Waals surface area (Å²) in [5.41, 5.74) is -6.13. The van der Waals surface area contributed by atoms with Gasteiger partial charge in [0.25, 0.3) is 0 Å². The third-order valence-electron chi connectivity index (χ3n) is 8.95. The number of esters is 2. The third kappa shape index (κ3) is 3.85. The Morgan fingerprint density at radius 3 is 2.53 bits per heavy atom. The summed E-state index contributed by atoms with van der Waals surface area (Å²) >= 11 is 11.4. The Balaban J connectivity index is 1.79. The quantitative estimate of drug-likeness (QED) is 0.397. The van der Waals surface area contributed by atoms with E-state index in [1.165, 1.54) is 18.2 Å². The zero-order valence-corrected chi connectivity index (χ0v) is 22.5. The zero-order valence-electron chi connectivity index (χ0n) is 20.1. The molecule has 7 atom stereocenters. The number of alkyl halides is 3. The first-order valence-electron chi connectivity index (χ1n) is 11.7. The number of hydrogen-bond acceptors (Lipinski definition) is 8. The van der Waals surface area contributed by atoms with E-state index in [0.29, 0.717) is 18.4 Å². The molecule has 12 heteroatoms. The number of carbonyl (C=O) groups excluding carboxylic acids is 3. The second-order valence-corrected chi connectivity index (χ2v) is 14.0. The fraction of sp³-hybridized carbons (Fsp3) is 0.708. The summed E-state index contributed by atoms with van der Waals surface area (Å²) in [6, 6.07) is 0. The van der Waals surface area contributed by atoms with Crippen LogP contribution in [0.25, 0.3) is 0 Å². The van der Waals surface area contributed by atoms with Crippen LogP contribution in [0.2, 0.25) is 0 Å². The fourth-order valence-electron chi connectivity index (χ4n) is 7.24. The van der Waals surface area contributed by atoms with Crippen LogP contribution in [0.3, 0.4) is 0 Å². The van der Waals surface area contributed by atoms with E-state index in [1.54, 1.807) is 13.8 Å². The second-order valence-electron chi connectivity index (χ2n) is 10.8. The topological polar surface area (TPSA) is 124 Å². The number of fused-ring (bicyclic) bond motifs is 5. The lowest BCUT2D eigenvalue weighted by Gasteiger charge is -2.62. The molecule has 0 aliphatic heterocycles. The molecule has 0 bridgehead atoms. The Kier molecular flexibility index (Phi) is 6.72. The summed E-state index contributed by atoms with van der Waals surface area (Å²) in [4.78, 5) is 36.3. The van der Waals surface area contributed by atoms with Crippen molar-refractivity contribution >= 4 is 50.8 Å². The highest BCUT2D eigenvalue weighted by Crippen LogP contribution is 2.70. The van der Waals surface area contributed by atoms with Gasteiger partial charge in [-0.25, -0.2) is 22.4 Å². The monoisotopic (exact) mass is 566 g/mol. The molecule has 4 aliphatic rings. The molecule has 4 aliphatic carbocycles. The molecule has 0 unspecified atom stereocenters. The van der Waals surface area contributed by atoms with Crippen molar-refractivity contribution < 1.29 is 41.8 Å². The van der Waals surface area contributed by atoms with Crippen LogP contribution < -0.4 is 0 Å². The number of aliphatic hydroxyl groups is 1. The average Bonchev–Trinajstić information content (AvgIpc) is 3.05. The number of sulfone groups is 1. The zero-order chi connectivity index (χ0) is 26.9. The van der Waals surface area contributed by atoms with Gasteiger partial charge in [0.15, 0.2) is 27.2 Å². The number of aliphatic hydroxyl groups excluding tert-OH is 1. The Morgan fingerprint density at radius 2 is 1.92 bits per heavy atom. The maximum absolute atomic E-state index is 17.2. The van der Waals surface area contributed by atoms with Gasteiger partial charge in [-0.05, 0) is 57.1 Å². The molecule has 200 valence electrons. The van der Waals surface area contributed by atoms with Crippen molar-refractivity contribution in [3.63, 3.8) is 0 Å². The van der Waals surface area contributed by atoms with Crippen LogP contribution in [0, 0.1) is 22.7 Å². The van der Waals surface area contributed by atoms with Crippen molar-refractivity contribution in [3.8, 4) is 0 Å². The first-order valence-corrected chi connectivity index (χ1v) is 14.6. The highest BCUT2D eigenvalue weighted by Gasteiger charge is 2.76. The van der Waals surface area contributed by atoms with Crippen molar-refractivity contribution in [2.75, 3.05) is 12.2 Å². The standard InChI is InChI=1S/C24H29Cl2FO8S/c1-21-8-6-14(28)10-13(21)4-5-16-15-7-9-23(35-19(30)18(25)26,20(31)34-12-36(3,32)33)22(15,2)11-17(29)24(16,21)27/h6,8,10,15-18,29H,4-5,7,9,11-12H2,1-3H3/t15-,16-,17-,21-,22-,23-,24-/m0/s1. The summed E-state index contributed by atoms with van der Waals surface area (Å²) in [5.74, 6) is -4.71. The largest absolute Gasteiger partial charge is 0.446 e. The highest BCUT2D eigenvalue weighted by molar-refractivity contribution is 7.90. The summed E-state index contributed by atoms with van der Waals surface area (Å²) in [6.45, 7) is 3.28. The molecule has 0 spiro atoms. The molecule has 1 N–H and O–H groups in total. The Morgan fingerprint density at radius 1 is 1.25 bits per heavy atom. The van der Waals surface area contributed by atoms with Gasteiger partial charge in [-0.2, -0.15) is 0 Å². The van der Waals surface area contributed by atoms with Gasteiger partial charge in [0.05, 0.1) is 6.10 Å². The van der Waals surface area contributed by atoms with Crippen molar-refractivity contribution in [1.29, 1.82) is 0 Å². The van der Waals surface area contributed by atoms with Crippen LogP contribution in [0.4, 0.5) is 4.39 Å². The van der Waals surface area contributed by atoms with Crippen molar-refractivity contribution in [3.05, 3.63) is 23.8 Å². The van der Waals surface area contributed by atoms with Gasteiger partial charge in [0.1, 0.15) is 0 Å². The number of rotatable bonds is 5. The lowest BCUT2D eigenvalue weighted by atomic mass is 9.45. The number of ketones is 1. The number of allylic oxidation sites excluding steroid dienone is 4. The van der Waals surface area contributed by atoms with E-state index in [9.17, 15) is 27.9 Å². The molecule has 3 saturated carbocycles. The van der Waals surface area contributed by atoms with Crippen LogP contribution in [0.15, 0.2) is 23.8 Å². The Hall–Kier alpha value is -1.49. The van der Waals surface area contributed by atoms with Crippen LogP contribution in [-0.4, -0.2) is 65.7 Å². The van der Waals surface area contributed by atoms with Gasteiger partial charge in [-0.3, -0.25) is 4.79 Å². The molecule has 36 heavy (non-hydrogen) atoms. The lowest BCUT2D eigenvalue weighted by molar-refractivity contribution is -0.232. The molecule has 0 amide bonds. The number of hydrogen-bond donors (Lipinski definition) is 1. The summed E-state index contributed by atoms with van der Waals surface area (Å²) < 4.78 is 51.2. The van der Waals surface area contributed by atoms with E-state index in [4.69, 9.17) is 32.7 Å². The van der Waals surface area contributed by atoms with E-state index in [-0.39, 0.29) is 25.0 Å². The van der Waals surface area contributed by atoms with Gasteiger partial charge < -0.3 is 14.6 Å². The van der Waals surface area contributed by atoms with Crippen LogP contribution in [0.5, 0.6) is 0 Å². The van der Waals surface area contributed by atoms with Gasteiger partial charge in [-0.1, -0.05) is 41.8 Å².